The topological polar surface area (TPSA) is 12.0 Å². The van der Waals surface area contributed by atoms with Gasteiger partial charge >= 0.3 is 0 Å². The first-order valence-electron chi connectivity index (χ1n) is 5.48. The summed E-state index contributed by atoms with van der Waals surface area (Å²) in [4.78, 5) is 0. The van der Waals surface area contributed by atoms with E-state index in [9.17, 15) is 8.78 Å². The predicted molar refractivity (Wildman–Crippen MR) is 65.0 cm³/mol. The fraction of sp³-hybridized carbons (Fsp3) is 0.143. The summed E-state index contributed by atoms with van der Waals surface area (Å²) in [6.45, 7) is 0.618. The van der Waals surface area contributed by atoms with Crippen LogP contribution in [0.5, 0.6) is 0 Å². The molecule has 0 fully saturated rings. The zero-order chi connectivity index (χ0) is 12.1. The maximum Gasteiger partial charge on any atom is 0.149 e. The normalized spacial score (nSPS) is 10.2. The maximum atomic E-state index is 13.3. The highest BCUT2D eigenvalue weighted by atomic mass is 19.1. The molecule has 88 valence electrons. The molecule has 0 aliphatic heterocycles. The molecular formula is C14H13F2N. The molecule has 0 aliphatic carbocycles. The standard InChI is InChI=1S/C14H13F2N/c15-12-6-7-14(13(16)10-12)17-9-8-11-4-2-1-3-5-11/h1-7,10,17H,8-9H2. The van der Waals surface area contributed by atoms with E-state index < -0.39 is 11.6 Å². The Bertz CT molecular complexity index is 483. The molecular weight excluding hydrogens is 220 g/mol. The van der Waals surface area contributed by atoms with Gasteiger partial charge in [-0.25, -0.2) is 8.78 Å². The molecule has 1 N–H and O–H groups in total. The molecule has 0 radical (unpaired) electrons. The van der Waals surface area contributed by atoms with Crippen LogP contribution < -0.4 is 5.32 Å². The molecule has 0 atom stereocenters. The van der Waals surface area contributed by atoms with Crippen molar-refractivity contribution in [2.24, 2.45) is 0 Å². The van der Waals surface area contributed by atoms with Gasteiger partial charge in [0, 0.05) is 12.6 Å². The summed E-state index contributed by atoms with van der Waals surface area (Å²) in [5.41, 5.74) is 1.52. The highest BCUT2D eigenvalue weighted by molar-refractivity contribution is 5.44. The van der Waals surface area contributed by atoms with E-state index >= 15 is 0 Å². The Labute approximate surface area is 99.1 Å². The lowest BCUT2D eigenvalue weighted by atomic mass is 10.1. The lowest BCUT2D eigenvalue weighted by Gasteiger charge is -2.07. The summed E-state index contributed by atoms with van der Waals surface area (Å²) in [6, 6.07) is 13.5. The van der Waals surface area contributed by atoms with Gasteiger partial charge in [-0.3, -0.25) is 0 Å². The number of hydrogen-bond acceptors (Lipinski definition) is 1. The summed E-state index contributed by atoms with van der Waals surface area (Å²) in [6.07, 6.45) is 0.803. The van der Waals surface area contributed by atoms with Crippen molar-refractivity contribution in [3.8, 4) is 0 Å². The lowest BCUT2D eigenvalue weighted by Crippen LogP contribution is -2.06. The predicted octanol–water partition coefficient (Wildman–Crippen LogP) is 3.62. The number of rotatable bonds is 4. The summed E-state index contributed by atoms with van der Waals surface area (Å²) in [5, 5.41) is 2.95. The largest absolute Gasteiger partial charge is 0.382 e. The van der Waals surface area contributed by atoms with Gasteiger partial charge in [0.25, 0.3) is 0 Å². The third kappa shape index (κ3) is 3.28. The summed E-state index contributed by atoms with van der Waals surface area (Å²) in [5.74, 6) is -1.12. The van der Waals surface area contributed by atoms with Gasteiger partial charge in [0.05, 0.1) is 5.69 Å². The second-order valence-electron chi connectivity index (χ2n) is 3.79. The molecule has 0 bridgehead atoms. The van der Waals surface area contributed by atoms with Crippen LogP contribution in [0.4, 0.5) is 14.5 Å². The van der Waals surface area contributed by atoms with E-state index in [4.69, 9.17) is 0 Å². The van der Waals surface area contributed by atoms with Gasteiger partial charge in [-0.05, 0) is 24.1 Å². The van der Waals surface area contributed by atoms with Gasteiger partial charge in [-0.1, -0.05) is 30.3 Å². The van der Waals surface area contributed by atoms with E-state index in [2.05, 4.69) is 5.32 Å². The first-order chi connectivity index (χ1) is 8.25. The van der Waals surface area contributed by atoms with Gasteiger partial charge in [0.1, 0.15) is 11.6 Å². The average Bonchev–Trinajstić information content (AvgIpc) is 2.33. The molecule has 0 unspecified atom stereocenters. The third-order valence-corrected chi connectivity index (χ3v) is 2.50. The van der Waals surface area contributed by atoms with Crippen molar-refractivity contribution >= 4 is 5.69 Å². The van der Waals surface area contributed by atoms with E-state index in [0.717, 1.165) is 12.5 Å². The zero-order valence-corrected chi connectivity index (χ0v) is 9.29. The molecule has 1 nitrogen and oxygen atoms in total. The number of hydrogen-bond donors (Lipinski definition) is 1. The highest BCUT2D eigenvalue weighted by Crippen LogP contribution is 2.14. The van der Waals surface area contributed by atoms with Crippen molar-refractivity contribution in [1.29, 1.82) is 0 Å². The molecule has 2 aromatic carbocycles. The summed E-state index contributed by atoms with van der Waals surface area (Å²) in [7, 11) is 0. The Morgan fingerprint density at radius 1 is 0.941 bits per heavy atom. The molecule has 0 aliphatic rings. The first kappa shape index (κ1) is 11.6. The van der Waals surface area contributed by atoms with Crippen LogP contribution in [0.2, 0.25) is 0 Å². The van der Waals surface area contributed by atoms with E-state index in [1.165, 1.54) is 17.7 Å². The van der Waals surface area contributed by atoms with E-state index in [-0.39, 0.29) is 0 Å². The van der Waals surface area contributed by atoms with Crippen LogP contribution in [0.3, 0.4) is 0 Å². The van der Waals surface area contributed by atoms with Crippen LogP contribution >= 0.6 is 0 Å². The van der Waals surface area contributed by atoms with Crippen molar-refractivity contribution in [2.45, 2.75) is 6.42 Å². The fourth-order valence-corrected chi connectivity index (χ4v) is 1.62. The van der Waals surface area contributed by atoms with Crippen molar-refractivity contribution in [3.63, 3.8) is 0 Å². The molecule has 2 rings (SSSR count). The Morgan fingerprint density at radius 3 is 2.41 bits per heavy atom. The Morgan fingerprint density at radius 2 is 1.71 bits per heavy atom. The summed E-state index contributed by atoms with van der Waals surface area (Å²) >= 11 is 0. The summed E-state index contributed by atoms with van der Waals surface area (Å²) < 4.78 is 25.9. The van der Waals surface area contributed by atoms with Crippen LogP contribution in [0.1, 0.15) is 5.56 Å². The molecule has 0 saturated carbocycles. The quantitative estimate of drug-likeness (QED) is 0.850. The minimum Gasteiger partial charge on any atom is -0.382 e. The van der Waals surface area contributed by atoms with Crippen LogP contribution in [0.25, 0.3) is 0 Å². The Balaban J connectivity index is 1.90. The molecule has 0 aromatic heterocycles. The third-order valence-electron chi connectivity index (χ3n) is 2.50. The number of halogens is 2. The van der Waals surface area contributed by atoms with Crippen LogP contribution in [-0.4, -0.2) is 6.54 Å². The fourth-order valence-electron chi connectivity index (χ4n) is 1.62. The zero-order valence-electron chi connectivity index (χ0n) is 9.29. The van der Waals surface area contributed by atoms with Crippen LogP contribution in [0.15, 0.2) is 48.5 Å². The molecule has 2 aromatic rings. The van der Waals surface area contributed by atoms with Gasteiger partial charge in [-0.15, -0.1) is 0 Å². The minimum absolute atomic E-state index is 0.335. The Kier molecular flexibility index (Phi) is 3.70. The molecule has 0 spiro atoms. The van der Waals surface area contributed by atoms with Crippen LogP contribution in [-0.2, 0) is 6.42 Å². The molecule has 0 heterocycles. The SMILES string of the molecule is Fc1ccc(NCCc2ccccc2)c(F)c1. The monoisotopic (exact) mass is 233 g/mol. The second-order valence-corrected chi connectivity index (χ2v) is 3.79. The first-order valence-corrected chi connectivity index (χ1v) is 5.48. The van der Waals surface area contributed by atoms with Crippen molar-refractivity contribution in [2.75, 3.05) is 11.9 Å². The maximum absolute atomic E-state index is 13.3. The average molecular weight is 233 g/mol. The van der Waals surface area contributed by atoms with E-state index in [1.807, 2.05) is 30.3 Å². The highest BCUT2D eigenvalue weighted by Gasteiger charge is 2.02. The van der Waals surface area contributed by atoms with Gasteiger partial charge in [0.15, 0.2) is 0 Å². The van der Waals surface area contributed by atoms with Crippen molar-refractivity contribution < 1.29 is 8.78 Å². The van der Waals surface area contributed by atoms with E-state index in [0.29, 0.717) is 12.2 Å². The Hall–Kier alpha value is -1.90. The number of nitrogens with one attached hydrogen (secondary N) is 1. The van der Waals surface area contributed by atoms with Gasteiger partial charge in [-0.2, -0.15) is 0 Å². The molecule has 17 heavy (non-hydrogen) atoms. The van der Waals surface area contributed by atoms with E-state index in [1.54, 1.807) is 0 Å². The number of benzene rings is 2. The molecule has 3 heteroatoms. The number of anilines is 1. The second kappa shape index (κ2) is 5.43. The lowest BCUT2D eigenvalue weighted by molar-refractivity contribution is 0.585. The van der Waals surface area contributed by atoms with Gasteiger partial charge < -0.3 is 5.32 Å². The molecule has 0 amide bonds. The van der Waals surface area contributed by atoms with Crippen molar-refractivity contribution in [3.05, 3.63) is 65.7 Å². The van der Waals surface area contributed by atoms with Crippen molar-refractivity contribution in [1.82, 2.24) is 0 Å². The van der Waals surface area contributed by atoms with Gasteiger partial charge in [0.2, 0.25) is 0 Å². The molecule has 0 saturated heterocycles. The smallest absolute Gasteiger partial charge is 0.149 e. The van der Waals surface area contributed by atoms with Crippen LogP contribution in [0, 0.1) is 11.6 Å². The minimum atomic E-state index is -0.559.